The molecule has 3 nitrogen and oxygen atoms in total. The molecule has 0 saturated carbocycles. The van der Waals surface area contributed by atoms with E-state index < -0.39 is 0 Å². The number of rotatable bonds is 2. The number of hydrogen-bond acceptors (Lipinski definition) is 3. The van der Waals surface area contributed by atoms with Crippen LogP contribution in [0.2, 0.25) is 0 Å². The van der Waals surface area contributed by atoms with Crippen molar-refractivity contribution in [2.24, 2.45) is 0 Å². The van der Waals surface area contributed by atoms with Crippen molar-refractivity contribution in [3.63, 3.8) is 0 Å². The summed E-state index contributed by atoms with van der Waals surface area (Å²) in [5.74, 6) is 0. The fourth-order valence-corrected chi connectivity index (χ4v) is 2.17. The Morgan fingerprint density at radius 1 is 1.64 bits per heavy atom. The van der Waals surface area contributed by atoms with E-state index in [9.17, 15) is 0 Å². The predicted molar refractivity (Wildman–Crippen MR) is 55.9 cm³/mol. The Morgan fingerprint density at radius 3 is 2.71 bits per heavy atom. The van der Waals surface area contributed by atoms with Crippen LogP contribution in [0.5, 0.6) is 0 Å². The second-order valence-electron chi connectivity index (χ2n) is 4.67. The summed E-state index contributed by atoms with van der Waals surface area (Å²) in [6.45, 7) is 10.0. The zero-order valence-corrected chi connectivity index (χ0v) is 9.58. The van der Waals surface area contributed by atoms with Crippen molar-refractivity contribution in [2.75, 3.05) is 13.1 Å². The molecule has 3 heteroatoms. The molecular formula is C11H20N2O. The monoisotopic (exact) mass is 196 g/mol. The third-order valence-electron chi connectivity index (χ3n) is 2.57. The first-order chi connectivity index (χ1) is 6.48. The minimum absolute atomic E-state index is 0.0422. The van der Waals surface area contributed by atoms with Crippen LogP contribution < -0.4 is 0 Å². The molecule has 1 saturated heterocycles. The molecule has 0 aromatic heterocycles. The van der Waals surface area contributed by atoms with Crippen LogP contribution >= 0.6 is 0 Å². The van der Waals surface area contributed by atoms with Gasteiger partial charge in [0.2, 0.25) is 0 Å². The van der Waals surface area contributed by atoms with Crippen molar-refractivity contribution in [1.29, 1.82) is 5.26 Å². The minimum Gasteiger partial charge on any atom is -0.370 e. The third kappa shape index (κ3) is 2.70. The van der Waals surface area contributed by atoms with Gasteiger partial charge in [0.15, 0.2) is 0 Å². The first kappa shape index (κ1) is 11.5. The summed E-state index contributed by atoms with van der Waals surface area (Å²) >= 11 is 0. The number of nitriles is 1. The zero-order chi connectivity index (χ0) is 10.8. The van der Waals surface area contributed by atoms with Crippen molar-refractivity contribution in [3.8, 4) is 6.07 Å². The highest BCUT2D eigenvalue weighted by Gasteiger charge is 2.33. The van der Waals surface area contributed by atoms with Gasteiger partial charge in [0.05, 0.1) is 23.8 Å². The highest BCUT2D eigenvalue weighted by Crippen LogP contribution is 2.22. The normalized spacial score (nSPS) is 29.5. The van der Waals surface area contributed by atoms with Gasteiger partial charge in [-0.05, 0) is 27.2 Å². The van der Waals surface area contributed by atoms with E-state index in [1.165, 1.54) is 0 Å². The van der Waals surface area contributed by atoms with Crippen molar-refractivity contribution in [1.82, 2.24) is 4.90 Å². The highest BCUT2D eigenvalue weighted by molar-refractivity contribution is 4.95. The van der Waals surface area contributed by atoms with Gasteiger partial charge in [0, 0.05) is 13.1 Å². The van der Waals surface area contributed by atoms with E-state index in [0.29, 0.717) is 0 Å². The summed E-state index contributed by atoms with van der Waals surface area (Å²) < 4.78 is 5.79. The Kier molecular flexibility index (Phi) is 3.52. The summed E-state index contributed by atoms with van der Waals surface area (Å²) in [5, 5.41) is 9.00. The Bertz CT molecular complexity index is 232. The lowest BCUT2D eigenvalue weighted by molar-refractivity contribution is -0.133. The molecule has 1 aliphatic heterocycles. The second kappa shape index (κ2) is 4.29. The average Bonchev–Trinajstić information content (AvgIpc) is 2.02. The van der Waals surface area contributed by atoms with Crippen molar-refractivity contribution < 1.29 is 4.74 Å². The number of hydrogen-bond donors (Lipinski definition) is 0. The van der Waals surface area contributed by atoms with Gasteiger partial charge < -0.3 is 4.74 Å². The van der Waals surface area contributed by atoms with E-state index in [1.807, 2.05) is 0 Å². The van der Waals surface area contributed by atoms with Gasteiger partial charge in [-0.25, -0.2) is 0 Å². The fourth-order valence-electron chi connectivity index (χ4n) is 2.17. The summed E-state index contributed by atoms with van der Waals surface area (Å²) in [7, 11) is 0. The number of morpholine rings is 1. The van der Waals surface area contributed by atoms with E-state index >= 15 is 0 Å². The Balaban J connectivity index is 2.67. The van der Waals surface area contributed by atoms with E-state index in [0.717, 1.165) is 19.5 Å². The van der Waals surface area contributed by atoms with E-state index in [1.54, 1.807) is 0 Å². The number of nitrogens with zero attached hydrogens (tertiary/aromatic N) is 2. The maximum Gasteiger partial charge on any atom is 0.0977 e. The van der Waals surface area contributed by atoms with Crippen molar-refractivity contribution in [3.05, 3.63) is 0 Å². The topological polar surface area (TPSA) is 36.3 Å². The fraction of sp³-hybridized carbons (Fsp3) is 0.909. The van der Waals surface area contributed by atoms with Crippen LogP contribution in [0.25, 0.3) is 0 Å². The first-order valence-corrected chi connectivity index (χ1v) is 5.30. The molecule has 1 rings (SSSR count). The molecule has 0 radical (unpaired) electrons. The molecule has 80 valence electrons. The van der Waals surface area contributed by atoms with Crippen LogP contribution in [0.4, 0.5) is 0 Å². The molecule has 0 aliphatic carbocycles. The van der Waals surface area contributed by atoms with E-state index in [2.05, 4.69) is 38.7 Å². The van der Waals surface area contributed by atoms with Gasteiger partial charge >= 0.3 is 0 Å². The molecule has 14 heavy (non-hydrogen) atoms. The largest absolute Gasteiger partial charge is 0.370 e. The van der Waals surface area contributed by atoms with Crippen LogP contribution in [0.3, 0.4) is 0 Å². The van der Waals surface area contributed by atoms with Crippen LogP contribution in [0.15, 0.2) is 0 Å². The lowest BCUT2D eigenvalue weighted by atomic mass is 10.0. The minimum atomic E-state index is -0.123. The van der Waals surface area contributed by atoms with E-state index in [4.69, 9.17) is 10.00 Å². The second-order valence-corrected chi connectivity index (χ2v) is 4.67. The predicted octanol–water partition coefficient (Wildman–Crippen LogP) is 1.79. The standard InChI is InChI=1S/C11H20N2O/c1-5-10(6-12)13-7-9(2)14-11(3,4)8-13/h9-10H,5,7-8H2,1-4H3. The maximum atomic E-state index is 9.00. The summed E-state index contributed by atoms with van der Waals surface area (Å²) in [5.41, 5.74) is -0.123. The molecule has 0 spiro atoms. The van der Waals surface area contributed by atoms with Gasteiger partial charge in [-0.1, -0.05) is 6.92 Å². The van der Waals surface area contributed by atoms with Gasteiger partial charge in [-0.3, -0.25) is 4.90 Å². The molecule has 0 bridgehead atoms. The lowest BCUT2D eigenvalue weighted by Gasteiger charge is -2.43. The maximum absolute atomic E-state index is 9.00. The lowest BCUT2D eigenvalue weighted by Crippen LogP contribution is -2.54. The van der Waals surface area contributed by atoms with Gasteiger partial charge in [-0.15, -0.1) is 0 Å². The van der Waals surface area contributed by atoms with Crippen LogP contribution in [0, 0.1) is 11.3 Å². The van der Waals surface area contributed by atoms with Crippen molar-refractivity contribution in [2.45, 2.75) is 51.9 Å². The zero-order valence-electron chi connectivity index (χ0n) is 9.58. The smallest absolute Gasteiger partial charge is 0.0977 e. The molecule has 0 aromatic carbocycles. The van der Waals surface area contributed by atoms with Crippen LogP contribution in [0.1, 0.15) is 34.1 Å². The van der Waals surface area contributed by atoms with Crippen LogP contribution in [-0.4, -0.2) is 35.7 Å². The van der Waals surface area contributed by atoms with Gasteiger partial charge in [0.25, 0.3) is 0 Å². The summed E-state index contributed by atoms with van der Waals surface area (Å²) in [6, 6.07) is 2.39. The Morgan fingerprint density at radius 2 is 2.29 bits per heavy atom. The van der Waals surface area contributed by atoms with Crippen molar-refractivity contribution >= 4 is 0 Å². The van der Waals surface area contributed by atoms with Crippen LogP contribution in [-0.2, 0) is 4.74 Å². The number of ether oxygens (including phenoxy) is 1. The molecular weight excluding hydrogens is 176 g/mol. The molecule has 1 aliphatic rings. The Labute approximate surface area is 86.6 Å². The third-order valence-corrected chi connectivity index (χ3v) is 2.57. The molecule has 1 fully saturated rings. The molecule has 1 heterocycles. The average molecular weight is 196 g/mol. The molecule has 2 unspecified atom stereocenters. The molecule has 0 amide bonds. The van der Waals surface area contributed by atoms with Gasteiger partial charge in [-0.2, -0.15) is 5.26 Å². The quantitative estimate of drug-likeness (QED) is 0.675. The van der Waals surface area contributed by atoms with Gasteiger partial charge in [0.1, 0.15) is 0 Å². The van der Waals surface area contributed by atoms with E-state index in [-0.39, 0.29) is 17.7 Å². The SMILES string of the molecule is CCC(C#N)N1CC(C)OC(C)(C)C1. The molecule has 0 aromatic rings. The molecule has 0 N–H and O–H groups in total. The summed E-state index contributed by atoms with van der Waals surface area (Å²) in [4.78, 5) is 2.23. The Hall–Kier alpha value is -0.590. The highest BCUT2D eigenvalue weighted by atomic mass is 16.5. The first-order valence-electron chi connectivity index (χ1n) is 5.30. The summed E-state index contributed by atoms with van der Waals surface area (Å²) in [6.07, 6.45) is 1.11. The molecule has 2 atom stereocenters.